The number of hydrogen-bond donors (Lipinski definition) is 0. The van der Waals surface area contributed by atoms with Crippen LogP contribution in [0.5, 0.6) is 5.75 Å². The van der Waals surface area contributed by atoms with Crippen molar-refractivity contribution in [2.45, 2.75) is 39.2 Å². The molecule has 0 saturated carbocycles. The Kier molecular flexibility index (Phi) is 7.88. The minimum absolute atomic E-state index is 0.0123. The van der Waals surface area contributed by atoms with Crippen molar-refractivity contribution in [3.63, 3.8) is 0 Å². The largest absolute Gasteiger partial charge is 0.496 e. The first-order valence-corrected chi connectivity index (χ1v) is 11.0. The molecule has 0 bridgehead atoms. The van der Waals surface area contributed by atoms with Crippen molar-refractivity contribution in [2.75, 3.05) is 26.7 Å². The number of nitrogens with zero attached hydrogens (tertiary/aromatic N) is 2. The normalized spacial score (nSPS) is 14.6. The van der Waals surface area contributed by atoms with Crippen molar-refractivity contribution < 1.29 is 14.3 Å². The monoisotopic (exact) mass is 420 g/mol. The van der Waals surface area contributed by atoms with Gasteiger partial charge in [0.25, 0.3) is 5.91 Å². The molecule has 164 valence electrons. The van der Waals surface area contributed by atoms with Crippen molar-refractivity contribution in [3.05, 3.63) is 71.3 Å². The number of rotatable bonds is 7. The van der Waals surface area contributed by atoms with Gasteiger partial charge in [-0.2, -0.15) is 0 Å². The van der Waals surface area contributed by atoms with Gasteiger partial charge in [-0.1, -0.05) is 36.8 Å². The fraction of sp³-hybridized carbons (Fsp3) is 0.385. The number of hydrogen-bond acceptors (Lipinski definition) is 3. The summed E-state index contributed by atoms with van der Waals surface area (Å²) >= 11 is 0. The van der Waals surface area contributed by atoms with Gasteiger partial charge in [0, 0.05) is 42.9 Å². The Bertz CT molecular complexity index is 916. The fourth-order valence-corrected chi connectivity index (χ4v) is 4.10. The lowest BCUT2D eigenvalue weighted by Gasteiger charge is -2.38. The first kappa shape index (κ1) is 22.6. The Morgan fingerprint density at radius 1 is 1.13 bits per heavy atom. The predicted octanol–water partition coefficient (Wildman–Crippen LogP) is 4.56. The van der Waals surface area contributed by atoms with E-state index in [9.17, 15) is 9.59 Å². The van der Waals surface area contributed by atoms with Gasteiger partial charge in [0.05, 0.1) is 7.11 Å². The third kappa shape index (κ3) is 5.75. The summed E-state index contributed by atoms with van der Waals surface area (Å²) in [7, 11) is 1.64. The van der Waals surface area contributed by atoms with Gasteiger partial charge in [-0.05, 0) is 56.5 Å². The molecule has 2 aromatic rings. The molecule has 0 radical (unpaired) electrons. The number of benzene rings is 2. The average Bonchev–Trinajstić information content (AvgIpc) is 2.81. The number of likely N-dealkylation sites (tertiary alicyclic amines) is 1. The van der Waals surface area contributed by atoms with Crippen molar-refractivity contribution in [1.82, 2.24) is 9.80 Å². The molecule has 0 aliphatic carbocycles. The van der Waals surface area contributed by atoms with E-state index < -0.39 is 0 Å². The van der Waals surface area contributed by atoms with Crippen LogP contribution in [0.4, 0.5) is 0 Å². The SMILES string of the molecule is CCCN(C(=O)/C=C/c1cc(C)ccc1OC)C1CCN(C(=O)c2ccccc2)CC1. The van der Waals surface area contributed by atoms with Crippen molar-refractivity contribution in [3.8, 4) is 5.75 Å². The van der Waals surface area contributed by atoms with Crippen LogP contribution < -0.4 is 4.74 Å². The molecule has 1 heterocycles. The van der Waals surface area contributed by atoms with Crippen LogP contribution in [0.25, 0.3) is 6.08 Å². The summed E-state index contributed by atoms with van der Waals surface area (Å²) < 4.78 is 5.41. The van der Waals surface area contributed by atoms with E-state index in [0.717, 1.165) is 41.7 Å². The number of methoxy groups -OCH3 is 1. The van der Waals surface area contributed by atoms with Crippen LogP contribution in [-0.4, -0.2) is 54.4 Å². The molecule has 2 aromatic carbocycles. The number of amides is 2. The minimum Gasteiger partial charge on any atom is -0.496 e. The van der Waals surface area contributed by atoms with Crippen LogP contribution in [0.15, 0.2) is 54.6 Å². The van der Waals surface area contributed by atoms with E-state index in [2.05, 4.69) is 6.92 Å². The van der Waals surface area contributed by atoms with Crippen LogP contribution in [0.1, 0.15) is 47.7 Å². The van der Waals surface area contributed by atoms with E-state index >= 15 is 0 Å². The highest BCUT2D eigenvalue weighted by molar-refractivity contribution is 5.94. The number of ether oxygens (including phenoxy) is 1. The molecule has 1 saturated heterocycles. The highest BCUT2D eigenvalue weighted by atomic mass is 16.5. The van der Waals surface area contributed by atoms with Gasteiger partial charge in [-0.25, -0.2) is 0 Å². The molecule has 5 heteroatoms. The summed E-state index contributed by atoms with van der Waals surface area (Å²) in [6.07, 6.45) is 5.98. The first-order valence-electron chi connectivity index (χ1n) is 11.0. The van der Waals surface area contributed by atoms with Crippen LogP contribution >= 0.6 is 0 Å². The maximum Gasteiger partial charge on any atom is 0.253 e. The molecule has 0 N–H and O–H groups in total. The van der Waals surface area contributed by atoms with E-state index in [1.807, 2.05) is 71.3 Å². The predicted molar refractivity (Wildman–Crippen MR) is 124 cm³/mol. The van der Waals surface area contributed by atoms with Gasteiger partial charge in [-0.15, -0.1) is 0 Å². The van der Waals surface area contributed by atoms with E-state index in [-0.39, 0.29) is 17.9 Å². The molecule has 1 aliphatic rings. The standard InChI is InChI=1S/C26H32N2O3/c1-4-16-28(25(29)13-11-22-19-20(2)10-12-24(22)31-3)23-14-17-27(18-15-23)26(30)21-8-6-5-7-9-21/h5-13,19,23H,4,14-18H2,1-3H3/b13-11+. The molecular weight excluding hydrogens is 388 g/mol. The Labute approximate surface area is 185 Å². The zero-order valence-corrected chi connectivity index (χ0v) is 18.7. The topological polar surface area (TPSA) is 49.9 Å². The quantitative estimate of drug-likeness (QED) is 0.617. The van der Waals surface area contributed by atoms with Gasteiger partial charge in [0.2, 0.25) is 5.91 Å². The second kappa shape index (κ2) is 10.8. The molecule has 3 rings (SSSR count). The number of aryl methyl sites for hydroxylation is 1. The summed E-state index contributed by atoms with van der Waals surface area (Å²) in [6.45, 7) is 6.15. The summed E-state index contributed by atoms with van der Waals surface area (Å²) in [6, 6.07) is 15.5. The maximum atomic E-state index is 13.0. The lowest BCUT2D eigenvalue weighted by Crippen LogP contribution is -2.48. The molecule has 0 unspecified atom stereocenters. The molecule has 0 aromatic heterocycles. The van der Waals surface area contributed by atoms with E-state index in [1.165, 1.54) is 0 Å². The third-order valence-corrected chi connectivity index (χ3v) is 5.75. The Morgan fingerprint density at radius 2 is 1.84 bits per heavy atom. The van der Waals surface area contributed by atoms with Gasteiger partial charge in [0.15, 0.2) is 0 Å². The summed E-state index contributed by atoms with van der Waals surface area (Å²) in [5.41, 5.74) is 2.74. The second-order valence-electron chi connectivity index (χ2n) is 8.00. The Morgan fingerprint density at radius 3 is 2.48 bits per heavy atom. The fourth-order valence-electron chi connectivity index (χ4n) is 4.10. The van der Waals surface area contributed by atoms with Crippen molar-refractivity contribution >= 4 is 17.9 Å². The average molecular weight is 421 g/mol. The Balaban J connectivity index is 1.65. The van der Waals surface area contributed by atoms with Crippen molar-refractivity contribution in [1.29, 1.82) is 0 Å². The molecule has 1 fully saturated rings. The van der Waals surface area contributed by atoms with Crippen LogP contribution in [-0.2, 0) is 4.79 Å². The van der Waals surface area contributed by atoms with Gasteiger partial charge >= 0.3 is 0 Å². The molecule has 5 nitrogen and oxygen atoms in total. The number of piperidine rings is 1. The molecular formula is C26H32N2O3. The van der Waals surface area contributed by atoms with Crippen LogP contribution in [0.2, 0.25) is 0 Å². The Hall–Kier alpha value is -3.08. The zero-order valence-electron chi connectivity index (χ0n) is 18.7. The number of carbonyl (C=O) groups is 2. The van der Waals surface area contributed by atoms with Gasteiger partial charge in [0.1, 0.15) is 5.75 Å². The molecule has 0 atom stereocenters. The summed E-state index contributed by atoms with van der Waals surface area (Å²) in [5, 5.41) is 0. The molecule has 2 amide bonds. The number of carbonyl (C=O) groups excluding carboxylic acids is 2. The van der Waals surface area contributed by atoms with E-state index in [1.54, 1.807) is 13.2 Å². The van der Waals surface area contributed by atoms with Gasteiger partial charge < -0.3 is 14.5 Å². The first-order chi connectivity index (χ1) is 15.0. The van der Waals surface area contributed by atoms with Crippen molar-refractivity contribution in [2.24, 2.45) is 0 Å². The molecule has 31 heavy (non-hydrogen) atoms. The lowest BCUT2D eigenvalue weighted by atomic mass is 10.0. The van der Waals surface area contributed by atoms with Crippen LogP contribution in [0, 0.1) is 6.92 Å². The highest BCUT2D eigenvalue weighted by Crippen LogP contribution is 2.23. The molecule has 1 aliphatic heterocycles. The van der Waals surface area contributed by atoms with E-state index in [4.69, 9.17) is 4.74 Å². The maximum absolute atomic E-state index is 13.0. The van der Waals surface area contributed by atoms with E-state index in [0.29, 0.717) is 19.6 Å². The summed E-state index contributed by atoms with van der Waals surface area (Å²) in [4.78, 5) is 29.6. The lowest BCUT2D eigenvalue weighted by molar-refractivity contribution is -0.129. The molecule has 0 spiro atoms. The third-order valence-electron chi connectivity index (χ3n) is 5.75. The van der Waals surface area contributed by atoms with Crippen LogP contribution in [0.3, 0.4) is 0 Å². The van der Waals surface area contributed by atoms with Gasteiger partial charge in [-0.3, -0.25) is 9.59 Å². The second-order valence-corrected chi connectivity index (χ2v) is 8.00. The summed E-state index contributed by atoms with van der Waals surface area (Å²) in [5.74, 6) is 0.835. The minimum atomic E-state index is 0.0123. The highest BCUT2D eigenvalue weighted by Gasteiger charge is 2.28. The zero-order chi connectivity index (χ0) is 22.2. The smallest absolute Gasteiger partial charge is 0.253 e.